The second-order valence-corrected chi connectivity index (χ2v) is 8.65. The highest BCUT2D eigenvalue weighted by Gasteiger charge is 2.31. The topological polar surface area (TPSA) is 92.6 Å². The van der Waals surface area contributed by atoms with E-state index in [4.69, 9.17) is 11.6 Å². The van der Waals surface area contributed by atoms with Crippen molar-refractivity contribution in [2.24, 2.45) is 0 Å². The summed E-state index contributed by atoms with van der Waals surface area (Å²) < 4.78 is 0. The molecule has 0 aliphatic rings. The number of rotatable bonds is 11. The Bertz CT molecular complexity index is 1170. The molecule has 1 N–H and O–H groups in total. The normalized spacial score (nSPS) is 11.5. The molecule has 182 valence electrons. The number of nitrogens with one attached hydrogen (secondary N) is 1. The molecule has 0 aliphatic carbocycles. The van der Waals surface area contributed by atoms with Crippen molar-refractivity contribution in [3.63, 3.8) is 0 Å². The summed E-state index contributed by atoms with van der Waals surface area (Å²) in [7, 11) is 0. The minimum atomic E-state index is -0.807. The molecule has 3 aromatic rings. The second-order valence-electron chi connectivity index (χ2n) is 8.21. The molecule has 0 fully saturated rings. The first-order valence-electron chi connectivity index (χ1n) is 11.5. The van der Waals surface area contributed by atoms with Crippen molar-refractivity contribution in [2.45, 2.75) is 38.8 Å². The molecule has 0 saturated heterocycles. The quantitative estimate of drug-likeness (QED) is 0.302. The summed E-state index contributed by atoms with van der Waals surface area (Å²) in [6.45, 7) is 2.57. The van der Waals surface area contributed by atoms with Gasteiger partial charge in [-0.25, -0.2) is 0 Å². The van der Waals surface area contributed by atoms with E-state index in [-0.39, 0.29) is 30.5 Å². The summed E-state index contributed by atoms with van der Waals surface area (Å²) in [5.74, 6) is -0.652. The van der Waals surface area contributed by atoms with Crippen LogP contribution in [0, 0.1) is 10.1 Å². The van der Waals surface area contributed by atoms with Gasteiger partial charge in [0, 0.05) is 36.2 Å². The molecule has 0 radical (unpaired) electrons. The summed E-state index contributed by atoms with van der Waals surface area (Å²) >= 11 is 6.18. The largest absolute Gasteiger partial charge is 0.354 e. The maximum absolute atomic E-state index is 13.7. The Balaban J connectivity index is 2.00. The Morgan fingerprint density at radius 1 is 1.00 bits per heavy atom. The van der Waals surface area contributed by atoms with Crippen molar-refractivity contribution in [2.75, 3.05) is 6.54 Å². The first-order valence-corrected chi connectivity index (χ1v) is 11.8. The number of carbonyl (C=O) groups is 2. The number of halogens is 1. The van der Waals surface area contributed by atoms with E-state index < -0.39 is 11.0 Å². The standard InChI is InChI=1S/C27H28ClN3O4/c1-2-15-29-27(33)25(17-20-9-4-3-5-10-20)30(19-21-11-8-13-23(28)16-21)26(32)18-22-12-6-7-14-24(22)31(34)35/h3-14,16,25H,2,15,17-19H2,1H3,(H,29,33). The van der Waals surface area contributed by atoms with Gasteiger partial charge in [0.1, 0.15) is 6.04 Å². The average Bonchev–Trinajstić information content (AvgIpc) is 2.85. The molecule has 0 spiro atoms. The number of amides is 2. The summed E-state index contributed by atoms with van der Waals surface area (Å²) in [5, 5.41) is 14.9. The molecule has 1 unspecified atom stereocenters. The minimum absolute atomic E-state index is 0.126. The lowest BCUT2D eigenvalue weighted by molar-refractivity contribution is -0.385. The fourth-order valence-corrected chi connectivity index (χ4v) is 4.07. The summed E-state index contributed by atoms with van der Waals surface area (Å²) in [4.78, 5) is 39.5. The molecule has 3 aromatic carbocycles. The molecular weight excluding hydrogens is 466 g/mol. The van der Waals surface area contributed by atoms with Gasteiger partial charge < -0.3 is 10.2 Å². The van der Waals surface area contributed by atoms with Crippen molar-refractivity contribution in [1.29, 1.82) is 0 Å². The fourth-order valence-electron chi connectivity index (χ4n) is 3.85. The van der Waals surface area contributed by atoms with Gasteiger partial charge in [0.05, 0.1) is 11.3 Å². The van der Waals surface area contributed by atoms with Crippen LogP contribution in [0.2, 0.25) is 5.02 Å². The lowest BCUT2D eigenvalue weighted by atomic mass is 10.0. The van der Waals surface area contributed by atoms with Gasteiger partial charge in [-0.15, -0.1) is 0 Å². The van der Waals surface area contributed by atoms with Crippen LogP contribution < -0.4 is 5.32 Å². The van der Waals surface area contributed by atoms with E-state index in [0.29, 0.717) is 23.6 Å². The zero-order valence-electron chi connectivity index (χ0n) is 19.5. The molecule has 0 bridgehead atoms. The number of benzene rings is 3. The molecule has 2 amide bonds. The van der Waals surface area contributed by atoms with E-state index in [0.717, 1.165) is 17.5 Å². The van der Waals surface area contributed by atoms with Crippen molar-refractivity contribution in [1.82, 2.24) is 10.2 Å². The van der Waals surface area contributed by atoms with E-state index in [1.807, 2.05) is 43.3 Å². The predicted octanol–water partition coefficient (Wildman–Crippen LogP) is 4.96. The maximum atomic E-state index is 13.7. The van der Waals surface area contributed by atoms with Crippen LogP contribution in [0.1, 0.15) is 30.0 Å². The molecule has 7 nitrogen and oxygen atoms in total. The SMILES string of the molecule is CCCNC(=O)C(Cc1ccccc1)N(Cc1cccc(Cl)c1)C(=O)Cc1ccccc1[N+](=O)[O-]. The Morgan fingerprint density at radius 3 is 2.37 bits per heavy atom. The van der Waals surface area contributed by atoms with Crippen molar-refractivity contribution in [3.8, 4) is 0 Å². The van der Waals surface area contributed by atoms with Crippen LogP contribution in [0.25, 0.3) is 0 Å². The number of carbonyl (C=O) groups excluding carboxylic acids is 2. The van der Waals surface area contributed by atoms with Crippen LogP contribution in [0.5, 0.6) is 0 Å². The Labute approximate surface area is 209 Å². The molecule has 1 atom stereocenters. The Kier molecular flexibility index (Phi) is 9.38. The van der Waals surface area contributed by atoms with Crippen LogP contribution in [0.15, 0.2) is 78.9 Å². The summed E-state index contributed by atoms with van der Waals surface area (Å²) in [6.07, 6.45) is 0.853. The van der Waals surface area contributed by atoms with E-state index in [9.17, 15) is 19.7 Å². The third-order valence-electron chi connectivity index (χ3n) is 5.59. The monoisotopic (exact) mass is 493 g/mol. The van der Waals surface area contributed by atoms with Crippen LogP contribution >= 0.6 is 11.6 Å². The molecule has 0 aliphatic heterocycles. The number of para-hydroxylation sites is 1. The van der Waals surface area contributed by atoms with Crippen molar-refractivity contribution >= 4 is 29.1 Å². The molecule has 0 aromatic heterocycles. The van der Waals surface area contributed by atoms with Gasteiger partial charge in [0.15, 0.2) is 0 Å². The van der Waals surface area contributed by atoms with Gasteiger partial charge in [-0.1, -0.05) is 79.2 Å². The summed E-state index contributed by atoms with van der Waals surface area (Å²) in [6, 6.07) is 21.9. The van der Waals surface area contributed by atoms with E-state index in [1.54, 1.807) is 36.4 Å². The first-order chi connectivity index (χ1) is 16.9. The number of nitrogens with zero attached hydrogens (tertiary/aromatic N) is 2. The zero-order chi connectivity index (χ0) is 25.2. The first kappa shape index (κ1) is 25.9. The fraction of sp³-hybridized carbons (Fsp3) is 0.259. The maximum Gasteiger partial charge on any atom is 0.273 e. The highest BCUT2D eigenvalue weighted by molar-refractivity contribution is 6.30. The molecular formula is C27H28ClN3O4. The lowest BCUT2D eigenvalue weighted by Gasteiger charge is -2.31. The lowest BCUT2D eigenvalue weighted by Crippen LogP contribution is -2.51. The Hall–Kier alpha value is -3.71. The third-order valence-corrected chi connectivity index (χ3v) is 5.83. The molecule has 35 heavy (non-hydrogen) atoms. The van der Waals surface area contributed by atoms with Crippen molar-refractivity contribution in [3.05, 3.63) is 111 Å². The average molecular weight is 494 g/mol. The van der Waals surface area contributed by atoms with Crippen LogP contribution in [0.3, 0.4) is 0 Å². The highest BCUT2D eigenvalue weighted by atomic mass is 35.5. The second kappa shape index (κ2) is 12.7. The minimum Gasteiger partial charge on any atom is -0.354 e. The molecule has 0 saturated carbocycles. The van der Waals surface area contributed by atoms with Crippen LogP contribution in [0.4, 0.5) is 5.69 Å². The van der Waals surface area contributed by atoms with Gasteiger partial charge in [0.2, 0.25) is 11.8 Å². The summed E-state index contributed by atoms with van der Waals surface area (Å²) in [5.41, 5.74) is 1.83. The zero-order valence-corrected chi connectivity index (χ0v) is 20.3. The van der Waals surface area contributed by atoms with Crippen LogP contribution in [-0.4, -0.2) is 34.2 Å². The molecule has 3 rings (SSSR count). The number of nitro groups is 1. The Morgan fingerprint density at radius 2 is 1.69 bits per heavy atom. The number of hydrogen-bond acceptors (Lipinski definition) is 4. The van der Waals surface area contributed by atoms with Gasteiger partial charge in [0.25, 0.3) is 5.69 Å². The van der Waals surface area contributed by atoms with Gasteiger partial charge in [-0.2, -0.15) is 0 Å². The van der Waals surface area contributed by atoms with Gasteiger partial charge in [-0.3, -0.25) is 19.7 Å². The van der Waals surface area contributed by atoms with E-state index >= 15 is 0 Å². The smallest absolute Gasteiger partial charge is 0.273 e. The van der Waals surface area contributed by atoms with Gasteiger partial charge in [-0.05, 0) is 29.7 Å². The van der Waals surface area contributed by atoms with Crippen LogP contribution in [-0.2, 0) is 29.0 Å². The molecule has 8 heteroatoms. The van der Waals surface area contributed by atoms with E-state index in [2.05, 4.69) is 5.32 Å². The molecule has 0 heterocycles. The van der Waals surface area contributed by atoms with E-state index in [1.165, 1.54) is 11.0 Å². The highest BCUT2D eigenvalue weighted by Crippen LogP contribution is 2.22. The number of nitro benzene ring substituents is 1. The number of hydrogen-bond donors (Lipinski definition) is 1. The van der Waals surface area contributed by atoms with Crippen molar-refractivity contribution < 1.29 is 14.5 Å². The third kappa shape index (κ3) is 7.39. The predicted molar refractivity (Wildman–Crippen MR) is 136 cm³/mol. The van der Waals surface area contributed by atoms with Gasteiger partial charge >= 0.3 is 0 Å².